The van der Waals surface area contributed by atoms with Crippen LogP contribution in [0.5, 0.6) is 0 Å². The number of carbonyl (C=O) groups excluding carboxylic acids is 1. The summed E-state index contributed by atoms with van der Waals surface area (Å²) in [6.45, 7) is 10.6. The summed E-state index contributed by atoms with van der Waals surface area (Å²) < 4.78 is 10.5. The second-order valence-corrected chi connectivity index (χ2v) is 6.68. The average Bonchev–Trinajstić information content (AvgIpc) is 2.51. The molecule has 0 spiro atoms. The van der Waals surface area contributed by atoms with Gasteiger partial charge in [0, 0.05) is 37.8 Å². The van der Waals surface area contributed by atoms with Gasteiger partial charge in [0.2, 0.25) is 0 Å². The molecule has 0 unspecified atom stereocenters. The molecule has 0 aromatic heterocycles. The van der Waals surface area contributed by atoms with Gasteiger partial charge in [0.25, 0.3) is 5.91 Å². The summed E-state index contributed by atoms with van der Waals surface area (Å²) in [4.78, 5) is 14.7. The molecule has 2 rings (SSSR count). The number of ether oxygens (including phenoxy) is 2. The predicted octanol–water partition coefficient (Wildman–Crippen LogP) is 1.98. The third kappa shape index (κ3) is 4.77. The van der Waals surface area contributed by atoms with Crippen LogP contribution in [0.25, 0.3) is 0 Å². The summed E-state index contributed by atoms with van der Waals surface area (Å²) in [5, 5.41) is 2.89. The maximum Gasteiger partial charge on any atom is 0.251 e. The molecule has 5 heteroatoms. The Morgan fingerprint density at radius 2 is 2.22 bits per heavy atom. The van der Waals surface area contributed by atoms with Crippen molar-refractivity contribution >= 4 is 5.91 Å². The first kappa shape index (κ1) is 17.9. The lowest BCUT2D eigenvalue weighted by Crippen LogP contribution is -2.52. The smallest absolute Gasteiger partial charge is 0.251 e. The molecule has 1 N–H and O–H groups in total. The van der Waals surface area contributed by atoms with Crippen LogP contribution in [0, 0.1) is 6.92 Å². The number of morpholine rings is 1. The van der Waals surface area contributed by atoms with E-state index in [4.69, 9.17) is 9.47 Å². The van der Waals surface area contributed by atoms with E-state index < -0.39 is 0 Å². The fraction of sp³-hybridized carbons (Fsp3) is 0.611. The molecule has 23 heavy (non-hydrogen) atoms. The molecule has 1 fully saturated rings. The van der Waals surface area contributed by atoms with Crippen molar-refractivity contribution in [2.45, 2.75) is 32.9 Å². The Labute approximate surface area is 139 Å². The van der Waals surface area contributed by atoms with E-state index in [1.165, 1.54) is 0 Å². The van der Waals surface area contributed by atoms with Crippen molar-refractivity contribution in [3.8, 4) is 0 Å². The van der Waals surface area contributed by atoms with Gasteiger partial charge in [-0.3, -0.25) is 9.69 Å². The molecule has 0 radical (unpaired) electrons. The number of nitrogens with one attached hydrogen (secondary N) is 1. The number of benzene rings is 1. The van der Waals surface area contributed by atoms with E-state index in [1.807, 2.05) is 19.1 Å². The normalized spacial score (nSPS) is 17.9. The monoisotopic (exact) mass is 320 g/mol. The van der Waals surface area contributed by atoms with Crippen molar-refractivity contribution in [2.75, 3.05) is 40.0 Å². The Balaban J connectivity index is 2.08. The second-order valence-electron chi connectivity index (χ2n) is 6.68. The molecular weight excluding hydrogens is 292 g/mol. The molecule has 1 amide bonds. The highest BCUT2D eigenvalue weighted by molar-refractivity contribution is 5.95. The van der Waals surface area contributed by atoms with Gasteiger partial charge in [-0.15, -0.1) is 0 Å². The van der Waals surface area contributed by atoms with Crippen LogP contribution < -0.4 is 5.32 Å². The Morgan fingerprint density at radius 3 is 2.91 bits per heavy atom. The minimum atomic E-state index is -0.0392. The molecule has 0 atom stereocenters. The lowest BCUT2D eigenvalue weighted by Gasteiger charge is -2.42. The van der Waals surface area contributed by atoms with Gasteiger partial charge >= 0.3 is 0 Å². The van der Waals surface area contributed by atoms with Crippen molar-refractivity contribution in [3.63, 3.8) is 0 Å². The summed E-state index contributed by atoms with van der Waals surface area (Å²) in [5.74, 6) is -0.0392. The molecule has 1 heterocycles. The van der Waals surface area contributed by atoms with Gasteiger partial charge in [0.1, 0.15) is 0 Å². The highest BCUT2D eigenvalue weighted by Crippen LogP contribution is 2.22. The van der Waals surface area contributed by atoms with Crippen LogP contribution in [-0.2, 0) is 16.0 Å². The number of amides is 1. The molecule has 0 saturated carbocycles. The van der Waals surface area contributed by atoms with Crippen LogP contribution in [0.3, 0.4) is 0 Å². The molecule has 1 saturated heterocycles. The third-order valence-electron chi connectivity index (χ3n) is 4.33. The molecule has 5 nitrogen and oxygen atoms in total. The van der Waals surface area contributed by atoms with E-state index in [1.54, 1.807) is 7.11 Å². The van der Waals surface area contributed by atoms with Crippen molar-refractivity contribution in [2.24, 2.45) is 0 Å². The maximum absolute atomic E-state index is 12.3. The second kappa shape index (κ2) is 7.90. The average molecular weight is 320 g/mol. The molecule has 1 aromatic rings. The topological polar surface area (TPSA) is 50.8 Å². The third-order valence-corrected chi connectivity index (χ3v) is 4.33. The highest BCUT2D eigenvalue weighted by atomic mass is 16.5. The molecule has 0 aliphatic carbocycles. The fourth-order valence-electron chi connectivity index (χ4n) is 2.78. The lowest BCUT2D eigenvalue weighted by molar-refractivity contribution is -0.0552. The van der Waals surface area contributed by atoms with Gasteiger partial charge in [-0.2, -0.15) is 0 Å². The first-order chi connectivity index (χ1) is 10.9. The molecule has 1 aliphatic heterocycles. The first-order valence-electron chi connectivity index (χ1n) is 8.13. The van der Waals surface area contributed by atoms with Crippen molar-refractivity contribution in [1.82, 2.24) is 10.2 Å². The van der Waals surface area contributed by atoms with Crippen molar-refractivity contribution in [3.05, 3.63) is 34.9 Å². The van der Waals surface area contributed by atoms with E-state index >= 15 is 0 Å². The van der Waals surface area contributed by atoms with Crippen LogP contribution in [0.4, 0.5) is 0 Å². The van der Waals surface area contributed by atoms with Crippen LogP contribution in [0.1, 0.15) is 35.3 Å². The number of hydrogen-bond donors (Lipinski definition) is 1. The summed E-state index contributed by atoms with van der Waals surface area (Å²) >= 11 is 0. The van der Waals surface area contributed by atoms with Gasteiger partial charge < -0.3 is 14.8 Å². The zero-order chi connectivity index (χ0) is 16.9. The molecular formula is C18H28N2O3. The van der Waals surface area contributed by atoms with E-state index in [-0.39, 0.29) is 11.4 Å². The van der Waals surface area contributed by atoms with E-state index in [0.717, 1.165) is 43.0 Å². The summed E-state index contributed by atoms with van der Waals surface area (Å²) in [6, 6.07) is 6.13. The van der Waals surface area contributed by atoms with Crippen LogP contribution in [0.15, 0.2) is 18.2 Å². The van der Waals surface area contributed by atoms with Crippen molar-refractivity contribution < 1.29 is 14.3 Å². The van der Waals surface area contributed by atoms with Gasteiger partial charge in [0.05, 0.1) is 19.8 Å². The number of methoxy groups -OCH3 is 1. The van der Waals surface area contributed by atoms with Crippen LogP contribution >= 0.6 is 0 Å². The molecule has 0 bridgehead atoms. The summed E-state index contributed by atoms with van der Waals surface area (Å²) in [6.07, 6.45) is 0. The van der Waals surface area contributed by atoms with Crippen molar-refractivity contribution in [1.29, 1.82) is 0 Å². The largest absolute Gasteiger partial charge is 0.383 e. The quantitative estimate of drug-likeness (QED) is 0.815. The van der Waals surface area contributed by atoms with Gasteiger partial charge in [-0.1, -0.05) is 12.1 Å². The van der Waals surface area contributed by atoms with Crippen LogP contribution in [-0.4, -0.2) is 56.4 Å². The number of rotatable bonds is 6. The lowest BCUT2D eigenvalue weighted by atomic mass is 9.99. The van der Waals surface area contributed by atoms with Gasteiger partial charge in [0.15, 0.2) is 0 Å². The Bertz CT molecular complexity index is 543. The Kier molecular flexibility index (Phi) is 6.16. The van der Waals surface area contributed by atoms with E-state index in [9.17, 15) is 4.79 Å². The van der Waals surface area contributed by atoms with Crippen LogP contribution in [0.2, 0.25) is 0 Å². The number of hydrogen-bond acceptors (Lipinski definition) is 4. The number of nitrogens with zero attached hydrogens (tertiary/aromatic N) is 1. The molecule has 1 aliphatic rings. The minimum absolute atomic E-state index is 0.0179. The van der Waals surface area contributed by atoms with Gasteiger partial charge in [-0.05, 0) is 38.0 Å². The minimum Gasteiger partial charge on any atom is -0.383 e. The van der Waals surface area contributed by atoms with E-state index in [0.29, 0.717) is 13.2 Å². The standard InChI is InChI=1S/C18H28N2O3/c1-14-5-6-15(11-16(14)17(21)19-7-9-22-4)12-20-8-10-23-13-18(20,2)3/h5-6,11H,7-10,12-13H2,1-4H3,(H,19,21). The Hall–Kier alpha value is -1.43. The fourth-order valence-corrected chi connectivity index (χ4v) is 2.78. The summed E-state index contributed by atoms with van der Waals surface area (Å²) in [5.41, 5.74) is 2.90. The summed E-state index contributed by atoms with van der Waals surface area (Å²) in [7, 11) is 1.63. The Morgan fingerprint density at radius 1 is 1.43 bits per heavy atom. The maximum atomic E-state index is 12.3. The predicted molar refractivity (Wildman–Crippen MR) is 90.7 cm³/mol. The van der Waals surface area contributed by atoms with Gasteiger partial charge in [-0.25, -0.2) is 0 Å². The number of aryl methyl sites for hydroxylation is 1. The highest BCUT2D eigenvalue weighted by Gasteiger charge is 2.30. The van der Waals surface area contributed by atoms with E-state index in [2.05, 4.69) is 30.1 Å². The first-order valence-corrected chi connectivity index (χ1v) is 8.13. The molecule has 128 valence electrons. The zero-order valence-electron chi connectivity index (χ0n) is 14.6. The zero-order valence-corrected chi connectivity index (χ0v) is 14.6. The SMILES string of the molecule is COCCNC(=O)c1cc(CN2CCOCC2(C)C)ccc1C. The number of carbonyl (C=O) groups is 1. The molecule has 1 aromatic carbocycles.